The third kappa shape index (κ3) is 5.37. The summed E-state index contributed by atoms with van der Waals surface area (Å²) in [5.74, 6) is -1.89. The number of nitrogens with one attached hydrogen (secondary N) is 1. The minimum absolute atomic E-state index is 0.0689. The molecule has 146 valence electrons. The summed E-state index contributed by atoms with van der Waals surface area (Å²) >= 11 is 0. The van der Waals surface area contributed by atoms with Gasteiger partial charge < -0.3 is 14.8 Å². The molecule has 8 nitrogen and oxygen atoms in total. The number of hydrogen-bond acceptors (Lipinski definition) is 6. The lowest BCUT2D eigenvalue weighted by Crippen LogP contribution is -2.29. The highest BCUT2D eigenvalue weighted by atomic mass is 19.1. The number of nitrogens with zero attached hydrogens (tertiary/aromatic N) is 1. The van der Waals surface area contributed by atoms with E-state index in [2.05, 4.69) is 5.32 Å². The van der Waals surface area contributed by atoms with Crippen LogP contribution in [0.3, 0.4) is 0 Å². The van der Waals surface area contributed by atoms with Gasteiger partial charge in [-0.2, -0.15) is 0 Å². The number of nitro groups is 1. The Labute approximate surface area is 159 Å². The number of carbonyl (C=O) groups excluding carboxylic acids is 2. The summed E-state index contributed by atoms with van der Waals surface area (Å²) in [7, 11) is 1.35. The Morgan fingerprint density at radius 2 is 1.96 bits per heavy atom. The monoisotopic (exact) mass is 388 g/mol. The summed E-state index contributed by atoms with van der Waals surface area (Å²) in [6, 6.07) is 9.73. The highest BCUT2D eigenvalue weighted by Crippen LogP contribution is 2.29. The summed E-state index contributed by atoms with van der Waals surface area (Å²) in [5.41, 5.74) is -0.253. The number of rotatable bonds is 7. The first-order chi connectivity index (χ1) is 13.3. The molecule has 0 saturated heterocycles. The van der Waals surface area contributed by atoms with E-state index < -0.39 is 28.7 Å². The Morgan fingerprint density at radius 1 is 1.25 bits per heavy atom. The van der Waals surface area contributed by atoms with Crippen molar-refractivity contribution in [3.8, 4) is 5.75 Å². The number of ether oxygens (including phenoxy) is 2. The summed E-state index contributed by atoms with van der Waals surface area (Å²) in [6.45, 7) is 1.31. The van der Waals surface area contributed by atoms with Crippen molar-refractivity contribution in [1.82, 2.24) is 0 Å². The maximum absolute atomic E-state index is 13.5. The van der Waals surface area contributed by atoms with Gasteiger partial charge in [0.2, 0.25) is 0 Å². The molecule has 9 heteroatoms. The molecule has 2 aromatic carbocycles. The van der Waals surface area contributed by atoms with E-state index in [9.17, 15) is 24.1 Å². The van der Waals surface area contributed by atoms with Gasteiger partial charge in [0.25, 0.3) is 11.6 Å². The predicted octanol–water partition coefficient (Wildman–Crippen LogP) is 3.33. The van der Waals surface area contributed by atoms with Crippen LogP contribution in [0.15, 0.2) is 48.5 Å². The maximum Gasteiger partial charge on any atom is 0.331 e. The van der Waals surface area contributed by atoms with E-state index in [1.165, 1.54) is 50.4 Å². The zero-order chi connectivity index (χ0) is 20.7. The van der Waals surface area contributed by atoms with Crippen LogP contribution >= 0.6 is 0 Å². The summed E-state index contributed by atoms with van der Waals surface area (Å²) in [4.78, 5) is 34.5. The summed E-state index contributed by atoms with van der Waals surface area (Å²) < 4.78 is 23.4. The molecule has 0 heterocycles. The molecule has 28 heavy (non-hydrogen) atoms. The van der Waals surface area contributed by atoms with Crippen molar-refractivity contribution in [1.29, 1.82) is 0 Å². The van der Waals surface area contributed by atoms with E-state index in [0.29, 0.717) is 0 Å². The van der Waals surface area contributed by atoms with Gasteiger partial charge in [-0.15, -0.1) is 0 Å². The molecule has 2 rings (SSSR count). The fraction of sp³-hybridized carbons (Fsp3) is 0.158. The van der Waals surface area contributed by atoms with Crippen molar-refractivity contribution in [3.05, 3.63) is 70.0 Å². The fourth-order valence-corrected chi connectivity index (χ4v) is 2.16. The molecular weight excluding hydrogens is 371 g/mol. The Hall–Kier alpha value is -3.75. The molecule has 0 aliphatic heterocycles. The van der Waals surface area contributed by atoms with Crippen molar-refractivity contribution in [2.24, 2.45) is 0 Å². The number of carbonyl (C=O) groups is 2. The first-order valence-corrected chi connectivity index (χ1v) is 8.08. The highest BCUT2D eigenvalue weighted by molar-refractivity contribution is 5.98. The second kappa shape index (κ2) is 9.26. The van der Waals surface area contributed by atoms with Gasteiger partial charge in [0.15, 0.2) is 6.10 Å². The van der Waals surface area contributed by atoms with E-state index in [4.69, 9.17) is 9.47 Å². The van der Waals surface area contributed by atoms with Crippen molar-refractivity contribution in [2.45, 2.75) is 13.0 Å². The molecule has 0 aliphatic carbocycles. The van der Waals surface area contributed by atoms with Gasteiger partial charge in [0, 0.05) is 11.6 Å². The van der Waals surface area contributed by atoms with Crippen molar-refractivity contribution in [3.63, 3.8) is 0 Å². The van der Waals surface area contributed by atoms with E-state index in [1.54, 1.807) is 6.07 Å². The number of amides is 1. The number of esters is 1. The molecule has 2 aromatic rings. The third-order valence-electron chi connectivity index (χ3n) is 3.63. The van der Waals surface area contributed by atoms with Gasteiger partial charge >= 0.3 is 5.97 Å². The molecule has 0 aliphatic rings. The predicted molar refractivity (Wildman–Crippen MR) is 99.3 cm³/mol. The topological polar surface area (TPSA) is 108 Å². The maximum atomic E-state index is 13.5. The van der Waals surface area contributed by atoms with Gasteiger partial charge in [0.05, 0.1) is 18.1 Å². The second-order valence-electron chi connectivity index (χ2n) is 5.56. The zero-order valence-electron chi connectivity index (χ0n) is 15.0. The van der Waals surface area contributed by atoms with Crippen LogP contribution in [-0.2, 0) is 14.3 Å². The SMILES string of the molecule is COc1ccc(NC(=O)[C@H](C)OC(=O)/C=C/c2ccccc2F)c([N+](=O)[O-])c1. The van der Waals surface area contributed by atoms with Crippen LogP contribution in [0, 0.1) is 15.9 Å². The van der Waals surface area contributed by atoms with Crippen LogP contribution in [0.4, 0.5) is 15.8 Å². The lowest BCUT2D eigenvalue weighted by molar-refractivity contribution is -0.384. The second-order valence-corrected chi connectivity index (χ2v) is 5.56. The average Bonchev–Trinajstić information content (AvgIpc) is 2.67. The molecule has 1 atom stereocenters. The number of nitro benzene ring substituents is 1. The molecule has 0 aromatic heterocycles. The Balaban J connectivity index is 2.02. The van der Waals surface area contributed by atoms with Crippen LogP contribution in [0.2, 0.25) is 0 Å². The molecule has 0 bridgehead atoms. The highest BCUT2D eigenvalue weighted by Gasteiger charge is 2.22. The molecule has 0 unspecified atom stereocenters. The quantitative estimate of drug-likeness (QED) is 0.337. The van der Waals surface area contributed by atoms with E-state index in [0.717, 1.165) is 12.1 Å². The Bertz CT molecular complexity index is 928. The van der Waals surface area contributed by atoms with Crippen LogP contribution in [0.5, 0.6) is 5.75 Å². The molecule has 0 spiro atoms. The molecule has 0 radical (unpaired) electrons. The van der Waals surface area contributed by atoms with Gasteiger partial charge in [-0.05, 0) is 31.2 Å². The largest absolute Gasteiger partial charge is 0.496 e. The molecule has 1 N–H and O–H groups in total. The van der Waals surface area contributed by atoms with Crippen molar-refractivity contribution >= 4 is 29.3 Å². The number of benzene rings is 2. The molecule has 0 saturated carbocycles. The number of methoxy groups -OCH3 is 1. The fourth-order valence-electron chi connectivity index (χ4n) is 2.16. The van der Waals surface area contributed by atoms with Crippen LogP contribution in [0.25, 0.3) is 6.08 Å². The lowest BCUT2D eigenvalue weighted by atomic mass is 10.2. The number of anilines is 1. The van der Waals surface area contributed by atoms with E-state index in [1.807, 2.05) is 0 Å². The average molecular weight is 388 g/mol. The number of hydrogen-bond donors (Lipinski definition) is 1. The standard InChI is InChI=1S/C19H17FN2O6/c1-12(28-18(23)10-7-13-5-3-4-6-15(13)20)19(24)21-16-9-8-14(27-2)11-17(16)22(25)26/h3-12H,1-2H3,(H,21,24)/b10-7+/t12-/m0/s1. The van der Waals surface area contributed by atoms with E-state index >= 15 is 0 Å². The van der Waals surface area contributed by atoms with Gasteiger partial charge in [-0.3, -0.25) is 14.9 Å². The van der Waals surface area contributed by atoms with Gasteiger partial charge in [-0.1, -0.05) is 18.2 Å². The van der Waals surface area contributed by atoms with Gasteiger partial charge in [-0.25, -0.2) is 9.18 Å². The minimum atomic E-state index is -1.24. The van der Waals surface area contributed by atoms with Crippen molar-refractivity contribution < 1.29 is 28.4 Å². The normalized spacial score (nSPS) is 11.7. The molecular formula is C19H17FN2O6. The van der Waals surface area contributed by atoms with Crippen LogP contribution < -0.4 is 10.1 Å². The smallest absolute Gasteiger partial charge is 0.331 e. The summed E-state index contributed by atoms with van der Waals surface area (Å²) in [6.07, 6.45) is 0.966. The Kier molecular flexibility index (Phi) is 6.80. The summed E-state index contributed by atoms with van der Waals surface area (Å²) in [5, 5.41) is 13.5. The lowest BCUT2D eigenvalue weighted by Gasteiger charge is -2.13. The molecule has 1 amide bonds. The van der Waals surface area contributed by atoms with E-state index in [-0.39, 0.29) is 22.7 Å². The third-order valence-corrected chi connectivity index (χ3v) is 3.63. The minimum Gasteiger partial charge on any atom is -0.496 e. The first-order valence-electron chi connectivity index (χ1n) is 8.08. The van der Waals surface area contributed by atoms with Gasteiger partial charge in [0.1, 0.15) is 17.3 Å². The van der Waals surface area contributed by atoms with Crippen molar-refractivity contribution in [2.75, 3.05) is 12.4 Å². The first kappa shape index (κ1) is 20.6. The Morgan fingerprint density at radius 3 is 2.61 bits per heavy atom. The van der Waals surface area contributed by atoms with Crippen LogP contribution in [0.1, 0.15) is 12.5 Å². The number of halogens is 1. The molecule has 0 fully saturated rings. The van der Waals surface area contributed by atoms with Crippen LogP contribution in [-0.4, -0.2) is 30.0 Å². The zero-order valence-corrected chi connectivity index (χ0v) is 15.0.